The van der Waals surface area contributed by atoms with Crippen LogP contribution < -0.4 is 21.6 Å². The molecule has 1 aromatic carbocycles. The van der Waals surface area contributed by atoms with Gasteiger partial charge in [0.2, 0.25) is 0 Å². The second-order valence-corrected chi connectivity index (χ2v) is 8.32. The van der Waals surface area contributed by atoms with Crippen LogP contribution >= 0.6 is 0 Å². The first-order valence-corrected chi connectivity index (χ1v) is 11.7. The average molecular weight is 573 g/mol. The molecular weight excluding hydrogens is 551 g/mol. The third-order valence-electron chi connectivity index (χ3n) is 5.55. The van der Waals surface area contributed by atoms with E-state index in [4.69, 9.17) is 5.73 Å². The van der Waals surface area contributed by atoms with Gasteiger partial charge in [-0.15, -0.1) is 0 Å². The predicted molar refractivity (Wildman–Crippen MR) is 132 cm³/mol. The zero-order chi connectivity index (χ0) is 29.6. The number of fused-ring (bicyclic) bond motifs is 1. The lowest BCUT2D eigenvalue weighted by molar-refractivity contribution is -0.138. The maximum atomic E-state index is 14.7. The van der Waals surface area contributed by atoms with Crippen LogP contribution in [0.25, 0.3) is 22.0 Å². The Labute approximate surface area is 221 Å². The summed E-state index contributed by atoms with van der Waals surface area (Å²) >= 11 is 0. The van der Waals surface area contributed by atoms with Crippen molar-refractivity contribution in [2.24, 2.45) is 0 Å². The highest BCUT2D eigenvalue weighted by Gasteiger charge is 2.36. The monoisotopic (exact) mass is 573 g/mol. The molecule has 3 N–H and O–H groups in total. The van der Waals surface area contributed by atoms with E-state index in [1.54, 1.807) is 17.4 Å². The number of aromatic nitrogens is 4. The van der Waals surface area contributed by atoms with Gasteiger partial charge in [-0.1, -0.05) is 19.8 Å². The summed E-state index contributed by atoms with van der Waals surface area (Å²) in [5.41, 5.74) is 0.766. The minimum Gasteiger partial charge on any atom is -0.433 e. The van der Waals surface area contributed by atoms with Gasteiger partial charge in [0.05, 0.1) is 29.2 Å². The van der Waals surface area contributed by atoms with Crippen LogP contribution in [0.2, 0.25) is 0 Å². The minimum atomic E-state index is -4.74. The van der Waals surface area contributed by atoms with Gasteiger partial charge in [-0.25, -0.2) is 13.9 Å². The smallest absolute Gasteiger partial charge is 0.423 e. The number of hydrogen-bond donors (Lipinski definition) is 2. The number of alkyl halides is 5. The summed E-state index contributed by atoms with van der Waals surface area (Å²) in [7, 11) is 0. The van der Waals surface area contributed by atoms with Crippen LogP contribution in [0.5, 0.6) is 5.75 Å². The van der Waals surface area contributed by atoms with Crippen LogP contribution in [0.15, 0.2) is 52.4 Å². The Morgan fingerprint density at radius 2 is 1.80 bits per heavy atom. The number of ether oxygens (including phenoxy) is 1. The third kappa shape index (κ3) is 6.95. The second-order valence-electron chi connectivity index (χ2n) is 8.32. The Balaban J connectivity index is 0.000000307. The van der Waals surface area contributed by atoms with Crippen molar-refractivity contribution in [2.75, 3.05) is 5.73 Å². The van der Waals surface area contributed by atoms with Crippen molar-refractivity contribution in [2.45, 2.75) is 45.5 Å². The van der Waals surface area contributed by atoms with E-state index < -0.39 is 46.8 Å². The van der Waals surface area contributed by atoms with Gasteiger partial charge in [0.25, 0.3) is 11.1 Å². The van der Waals surface area contributed by atoms with E-state index in [9.17, 15) is 40.3 Å². The van der Waals surface area contributed by atoms with Crippen LogP contribution in [0.1, 0.15) is 31.7 Å². The van der Waals surface area contributed by atoms with Gasteiger partial charge >= 0.3 is 12.8 Å². The molecule has 0 aliphatic heterocycles. The van der Waals surface area contributed by atoms with Crippen molar-refractivity contribution in [3.63, 3.8) is 0 Å². The molecule has 0 radical (unpaired) electrons. The number of nitrogen functional groups attached to an aromatic ring is 1. The van der Waals surface area contributed by atoms with Gasteiger partial charge in [-0.05, 0) is 36.1 Å². The zero-order valence-electron chi connectivity index (χ0n) is 20.7. The van der Waals surface area contributed by atoms with E-state index in [0.717, 1.165) is 31.7 Å². The molecule has 0 amide bonds. The standard InChI is InChI=1S/C20H18F4N2O2.C5H4F3N3O/c1-2-3-4-8-26-9-7-12-10-14(17(21)18(22)16(12)19(26)27)15-6-5-13(11-25-15)28-20(23)24;6-5(7,8)3-2(9)1-10-11-4(3)12/h5-7,9-11,20H,2-4,8H2,1H3;1H,(H3,9,11,12). The van der Waals surface area contributed by atoms with Gasteiger partial charge < -0.3 is 15.0 Å². The van der Waals surface area contributed by atoms with Gasteiger partial charge in [-0.2, -0.15) is 27.1 Å². The van der Waals surface area contributed by atoms with Gasteiger partial charge in [0, 0.05) is 18.3 Å². The number of nitrogens with one attached hydrogen (secondary N) is 1. The molecule has 214 valence electrons. The highest BCUT2D eigenvalue weighted by molar-refractivity contribution is 5.87. The lowest BCUT2D eigenvalue weighted by Crippen LogP contribution is -2.24. The molecule has 0 fully saturated rings. The van der Waals surface area contributed by atoms with Crippen LogP contribution in [0.4, 0.5) is 36.4 Å². The summed E-state index contributed by atoms with van der Waals surface area (Å²) < 4.78 is 95.2. The summed E-state index contributed by atoms with van der Waals surface area (Å²) in [4.78, 5) is 27.0. The van der Waals surface area contributed by atoms with E-state index in [0.29, 0.717) is 6.54 Å². The number of H-pyrrole nitrogens is 1. The fraction of sp³-hybridized carbons (Fsp3) is 0.280. The Bertz CT molecular complexity index is 1590. The molecular formula is C25H22F7N5O3. The molecule has 0 saturated heterocycles. The Morgan fingerprint density at radius 3 is 2.35 bits per heavy atom. The number of hydrogen-bond acceptors (Lipinski definition) is 6. The molecule has 0 aliphatic rings. The van der Waals surface area contributed by atoms with E-state index in [1.807, 2.05) is 6.92 Å². The van der Waals surface area contributed by atoms with E-state index in [1.165, 1.54) is 22.8 Å². The van der Waals surface area contributed by atoms with E-state index >= 15 is 0 Å². The fourth-order valence-corrected chi connectivity index (χ4v) is 3.69. The topological polar surface area (TPSA) is 116 Å². The number of aromatic amines is 1. The SMILES string of the molecule is CCCCCn1ccc2cc(-c3ccc(OC(F)F)cn3)c(F)c(F)c2c1=O.Nc1cn[nH]c(=O)c1C(F)(F)F. The number of halogens is 7. The highest BCUT2D eigenvalue weighted by Crippen LogP contribution is 2.30. The molecule has 0 aliphatic carbocycles. The molecule has 8 nitrogen and oxygen atoms in total. The lowest BCUT2D eigenvalue weighted by Gasteiger charge is -2.11. The summed E-state index contributed by atoms with van der Waals surface area (Å²) in [6, 6.07) is 5.29. The van der Waals surface area contributed by atoms with E-state index in [-0.39, 0.29) is 27.8 Å². The zero-order valence-corrected chi connectivity index (χ0v) is 20.7. The van der Waals surface area contributed by atoms with Crippen LogP contribution in [-0.4, -0.2) is 26.4 Å². The Hall–Kier alpha value is -4.43. The predicted octanol–water partition coefficient (Wildman–Crippen LogP) is 5.50. The summed E-state index contributed by atoms with van der Waals surface area (Å²) in [5, 5.41) is 4.65. The van der Waals surface area contributed by atoms with Crippen LogP contribution in [0.3, 0.4) is 0 Å². The van der Waals surface area contributed by atoms with E-state index in [2.05, 4.69) is 14.8 Å². The lowest BCUT2D eigenvalue weighted by atomic mass is 10.0. The van der Waals surface area contributed by atoms with Crippen molar-refractivity contribution in [3.05, 3.63) is 80.8 Å². The highest BCUT2D eigenvalue weighted by atomic mass is 19.4. The average Bonchev–Trinajstić information content (AvgIpc) is 2.87. The number of nitrogens with two attached hydrogens (primary N) is 1. The molecule has 3 aromatic heterocycles. The normalized spacial score (nSPS) is 11.4. The maximum absolute atomic E-state index is 14.7. The largest absolute Gasteiger partial charge is 0.433 e. The molecule has 4 rings (SSSR count). The number of pyridine rings is 2. The quantitative estimate of drug-likeness (QED) is 0.223. The number of aryl methyl sites for hydroxylation is 1. The molecule has 15 heteroatoms. The van der Waals surface area contributed by atoms with Crippen molar-refractivity contribution in [1.29, 1.82) is 0 Å². The number of benzene rings is 1. The number of nitrogens with zero attached hydrogens (tertiary/aromatic N) is 3. The summed E-state index contributed by atoms with van der Waals surface area (Å²) in [5.74, 6) is -2.67. The van der Waals surface area contributed by atoms with Gasteiger partial charge in [-0.3, -0.25) is 14.6 Å². The third-order valence-corrected chi connectivity index (χ3v) is 5.55. The van der Waals surface area contributed by atoms with Gasteiger partial charge in [0.1, 0.15) is 11.3 Å². The number of anilines is 1. The molecule has 4 aromatic rings. The first kappa shape index (κ1) is 30.1. The number of unbranched alkanes of at least 4 members (excludes halogenated alkanes) is 2. The molecule has 3 heterocycles. The molecule has 0 spiro atoms. The first-order chi connectivity index (χ1) is 18.8. The summed E-state index contributed by atoms with van der Waals surface area (Å²) in [6.45, 7) is -0.555. The minimum absolute atomic E-state index is 0.0343. The van der Waals surface area contributed by atoms with Crippen molar-refractivity contribution < 1.29 is 35.5 Å². The molecule has 0 bridgehead atoms. The van der Waals surface area contributed by atoms with Crippen molar-refractivity contribution in [1.82, 2.24) is 19.7 Å². The molecule has 40 heavy (non-hydrogen) atoms. The van der Waals surface area contributed by atoms with Crippen molar-refractivity contribution >= 4 is 16.5 Å². The van der Waals surface area contributed by atoms with Gasteiger partial charge in [0.15, 0.2) is 11.6 Å². The second kappa shape index (κ2) is 12.6. The van der Waals surface area contributed by atoms with Crippen molar-refractivity contribution in [3.8, 4) is 17.0 Å². The fourth-order valence-electron chi connectivity index (χ4n) is 3.69. The molecule has 0 saturated carbocycles. The number of rotatable bonds is 7. The Morgan fingerprint density at radius 1 is 1.07 bits per heavy atom. The van der Waals surface area contributed by atoms with Crippen LogP contribution in [-0.2, 0) is 12.7 Å². The molecule has 0 unspecified atom stereocenters. The summed E-state index contributed by atoms with van der Waals surface area (Å²) in [6.07, 6.45) is 1.22. The molecule has 0 atom stereocenters. The first-order valence-electron chi connectivity index (χ1n) is 11.7. The van der Waals surface area contributed by atoms with Crippen LogP contribution in [0, 0.1) is 11.6 Å². The Kier molecular flexibility index (Phi) is 9.50. The maximum Gasteiger partial charge on any atom is 0.423 e.